The molecule has 106 valence electrons. The monoisotopic (exact) mass is 327 g/mol. The minimum atomic E-state index is -0.410. The highest BCUT2D eigenvalue weighted by Crippen LogP contribution is 2.26. The summed E-state index contributed by atoms with van der Waals surface area (Å²) in [5.74, 6) is 0.630. The van der Waals surface area contributed by atoms with Crippen molar-refractivity contribution in [3.63, 3.8) is 0 Å². The van der Waals surface area contributed by atoms with E-state index in [1.54, 1.807) is 0 Å². The first kappa shape index (κ1) is 15.0. The van der Waals surface area contributed by atoms with Gasteiger partial charge in [0, 0.05) is 24.2 Å². The van der Waals surface area contributed by atoms with E-state index in [4.69, 9.17) is 5.11 Å². The number of hydrogen-bond donors (Lipinski definition) is 2. The van der Waals surface area contributed by atoms with Crippen LogP contribution >= 0.6 is 15.9 Å². The van der Waals surface area contributed by atoms with Gasteiger partial charge in [-0.2, -0.15) is 0 Å². The smallest absolute Gasteiger partial charge is 0.0813 e. The van der Waals surface area contributed by atoms with Crippen LogP contribution in [0.4, 0.5) is 0 Å². The second kappa shape index (κ2) is 7.39. The molecule has 1 aliphatic rings. The first-order valence-corrected chi connectivity index (χ1v) is 7.75. The Kier molecular flexibility index (Phi) is 5.82. The van der Waals surface area contributed by atoms with Gasteiger partial charge in [0.2, 0.25) is 0 Å². The quantitative estimate of drug-likeness (QED) is 0.844. The molecule has 0 spiro atoms. The largest absolute Gasteiger partial charge is 0.396 e. The molecule has 1 fully saturated rings. The van der Waals surface area contributed by atoms with Crippen molar-refractivity contribution in [3.8, 4) is 0 Å². The van der Waals surface area contributed by atoms with Gasteiger partial charge in [0.05, 0.1) is 6.10 Å². The average molecular weight is 328 g/mol. The van der Waals surface area contributed by atoms with E-state index in [2.05, 4.69) is 20.8 Å². The Morgan fingerprint density at radius 2 is 2.16 bits per heavy atom. The van der Waals surface area contributed by atoms with Gasteiger partial charge < -0.3 is 15.1 Å². The van der Waals surface area contributed by atoms with Crippen molar-refractivity contribution < 1.29 is 10.2 Å². The molecule has 3 nitrogen and oxygen atoms in total. The predicted octanol–water partition coefficient (Wildman–Crippen LogP) is 2.58. The fraction of sp³-hybridized carbons (Fsp3) is 0.600. The third kappa shape index (κ3) is 4.28. The Morgan fingerprint density at radius 1 is 1.37 bits per heavy atom. The molecule has 0 saturated carbocycles. The summed E-state index contributed by atoms with van der Waals surface area (Å²) >= 11 is 3.48. The van der Waals surface area contributed by atoms with Gasteiger partial charge in [0.25, 0.3) is 0 Å². The van der Waals surface area contributed by atoms with Crippen LogP contribution in [0.15, 0.2) is 28.7 Å². The molecule has 0 amide bonds. The third-order valence-corrected chi connectivity index (χ3v) is 4.61. The van der Waals surface area contributed by atoms with Gasteiger partial charge in [0.1, 0.15) is 0 Å². The number of aliphatic hydroxyl groups excluding tert-OH is 2. The van der Waals surface area contributed by atoms with Crippen molar-refractivity contribution in [2.75, 3.05) is 26.2 Å². The summed E-state index contributed by atoms with van der Waals surface area (Å²) in [6, 6.07) is 7.84. The number of benzene rings is 1. The number of halogens is 1. The van der Waals surface area contributed by atoms with E-state index in [0.717, 1.165) is 42.5 Å². The molecule has 2 rings (SSSR count). The molecule has 19 heavy (non-hydrogen) atoms. The van der Waals surface area contributed by atoms with Crippen LogP contribution in [0, 0.1) is 5.92 Å². The Morgan fingerprint density at radius 3 is 2.89 bits per heavy atom. The van der Waals surface area contributed by atoms with Gasteiger partial charge in [-0.3, -0.25) is 0 Å². The molecule has 1 aromatic rings. The number of nitrogens with zero attached hydrogens (tertiary/aromatic N) is 1. The molecule has 0 radical (unpaired) electrons. The topological polar surface area (TPSA) is 43.7 Å². The van der Waals surface area contributed by atoms with Gasteiger partial charge >= 0.3 is 0 Å². The molecule has 1 saturated heterocycles. The lowest BCUT2D eigenvalue weighted by molar-refractivity contribution is 0.146. The van der Waals surface area contributed by atoms with E-state index in [0.29, 0.717) is 5.92 Å². The Hall–Kier alpha value is -0.420. The van der Waals surface area contributed by atoms with Crippen molar-refractivity contribution in [1.29, 1.82) is 0 Å². The number of rotatable bonds is 6. The maximum absolute atomic E-state index is 10.2. The van der Waals surface area contributed by atoms with E-state index < -0.39 is 6.10 Å². The normalized spacial score (nSPS) is 21.7. The van der Waals surface area contributed by atoms with Crippen molar-refractivity contribution in [2.45, 2.75) is 25.4 Å². The van der Waals surface area contributed by atoms with Crippen LogP contribution in [-0.2, 0) is 0 Å². The fourth-order valence-electron chi connectivity index (χ4n) is 2.74. The van der Waals surface area contributed by atoms with E-state index >= 15 is 0 Å². The predicted molar refractivity (Wildman–Crippen MR) is 80.0 cm³/mol. The molecular weight excluding hydrogens is 306 g/mol. The molecule has 2 N–H and O–H groups in total. The molecule has 1 heterocycles. The molecule has 0 aromatic heterocycles. The standard InChI is InChI=1S/C15H22BrNO2/c16-14-4-2-1-3-13(14)15(19)6-9-17-8-5-12(11-17)7-10-18/h1-4,12,15,18-19H,5-11H2. The maximum Gasteiger partial charge on any atom is 0.0813 e. The summed E-state index contributed by atoms with van der Waals surface area (Å²) in [6.07, 6.45) is 2.43. The first-order valence-electron chi connectivity index (χ1n) is 6.96. The lowest BCUT2D eigenvalue weighted by Crippen LogP contribution is -2.23. The maximum atomic E-state index is 10.2. The van der Waals surface area contributed by atoms with Crippen LogP contribution in [0.25, 0.3) is 0 Å². The number of aliphatic hydroxyl groups is 2. The summed E-state index contributed by atoms with van der Waals surface area (Å²) in [5.41, 5.74) is 0.966. The van der Waals surface area contributed by atoms with Gasteiger partial charge in [-0.05, 0) is 43.4 Å². The first-order chi connectivity index (χ1) is 9.20. The Bertz CT molecular complexity index is 399. The van der Waals surface area contributed by atoms with Crippen molar-refractivity contribution in [2.24, 2.45) is 5.92 Å². The second-order valence-corrected chi connectivity index (χ2v) is 6.15. The summed E-state index contributed by atoms with van der Waals surface area (Å²) in [6.45, 7) is 3.36. The molecule has 0 bridgehead atoms. The van der Waals surface area contributed by atoms with Crippen LogP contribution in [0.5, 0.6) is 0 Å². The van der Waals surface area contributed by atoms with Crippen molar-refractivity contribution in [1.82, 2.24) is 4.90 Å². The summed E-state index contributed by atoms with van der Waals surface area (Å²) in [4.78, 5) is 2.39. The fourth-order valence-corrected chi connectivity index (χ4v) is 3.29. The highest BCUT2D eigenvalue weighted by Gasteiger charge is 2.22. The van der Waals surface area contributed by atoms with Crippen molar-refractivity contribution >= 4 is 15.9 Å². The molecule has 2 unspecified atom stereocenters. The van der Waals surface area contributed by atoms with Crippen LogP contribution in [0.3, 0.4) is 0 Å². The highest BCUT2D eigenvalue weighted by molar-refractivity contribution is 9.10. The minimum Gasteiger partial charge on any atom is -0.396 e. The second-order valence-electron chi connectivity index (χ2n) is 5.29. The van der Waals surface area contributed by atoms with E-state index in [1.807, 2.05) is 24.3 Å². The van der Waals surface area contributed by atoms with Crippen LogP contribution in [-0.4, -0.2) is 41.4 Å². The highest BCUT2D eigenvalue weighted by atomic mass is 79.9. The van der Waals surface area contributed by atoms with Gasteiger partial charge in [-0.1, -0.05) is 34.1 Å². The molecule has 1 aromatic carbocycles. The van der Waals surface area contributed by atoms with Crippen molar-refractivity contribution in [3.05, 3.63) is 34.3 Å². The molecule has 1 aliphatic heterocycles. The van der Waals surface area contributed by atoms with Crippen LogP contribution in [0.2, 0.25) is 0 Å². The summed E-state index contributed by atoms with van der Waals surface area (Å²) in [7, 11) is 0. The average Bonchev–Trinajstić information content (AvgIpc) is 2.85. The number of hydrogen-bond acceptors (Lipinski definition) is 3. The Labute approximate surface area is 123 Å². The van der Waals surface area contributed by atoms with Gasteiger partial charge in [0.15, 0.2) is 0 Å². The molecular formula is C15H22BrNO2. The molecule has 2 atom stereocenters. The lowest BCUT2D eigenvalue weighted by Gasteiger charge is -2.19. The van der Waals surface area contributed by atoms with Gasteiger partial charge in [-0.25, -0.2) is 0 Å². The third-order valence-electron chi connectivity index (χ3n) is 3.89. The SMILES string of the molecule is OCCC1CCN(CCC(O)c2ccccc2Br)C1. The van der Waals surface area contributed by atoms with E-state index in [-0.39, 0.29) is 6.61 Å². The zero-order valence-electron chi connectivity index (χ0n) is 11.1. The van der Waals surface area contributed by atoms with E-state index in [9.17, 15) is 5.11 Å². The number of likely N-dealkylation sites (tertiary alicyclic amines) is 1. The zero-order valence-corrected chi connectivity index (χ0v) is 12.7. The zero-order chi connectivity index (χ0) is 13.7. The molecule has 0 aliphatic carbocycles. The minimum absolute atomic E-state index is 0.290. The van der Waals surface area contributed by atoms with Crippen LogP contribution < -0.4 is 0 Å². The summed E-state index contributed by atoms with van der Waals surface area (Å²) < 4.78 is 0.974. The van der Waals surface area contributed by atoms with Gasteiger partial charge in [-0.15, -0.1) is 0 Å². The van der Waals surface area contributed by atoms with E-state index in [1.165, 1.54) is 6.42 Å². The summed E-state index contributed by atoms with van der Waals surface area (Å²) in [5, 5.41) is 19.2. The van der Waals surface area contributed by atoms with Crippen LogP contribution in [0.1, 0.15) is 30.9 Å². The lowest BCUT2D eigenvalue weighted by atomic mass is 10.1. The molecule has 4 heteroatoms. The Balaban J connectivity index is 1.78.